The lowest BCUT2D eigenvalue weighted by Crippen LogP contribution is -2.19. The highest BCUT2D eigenvalue weighted by molar-refractivity contribution is 6.35. The minimum atomic E-state index is 0.0750. The van der Waals surface area contributed by atoms with Crippen molar-refractivity contribution in [3.05, 3.63) is 27.7 Å². The third-order valence-corrected chi connectivity index (χ3v) is 2.75. The topological polar surface area (TPSA) is 32.3 Å². The van der Waals surface area contributed by atoms with Gasteiger partial charge in [0.25, 0.3) is 0 Å². The summed E-state index contributed by atoms with van der Waals surface area (Å²) in [6.45, 7) is 0.114. The number of benzene rings is 1. The molecule has 0 spiro atoms. The molecule has 0 aliphatic carbocycles. The zero-order valence-corrected chi connectivity index (χ0v) is 8.36. The quantitative estimate of drug-likeness (QED) is 0.758. The van der Waals surface area contributed by atoms with Gasteiger partial charge in [-0.05, 0) is 24.1 Å². The molecule has 1 heterocycles. The molecule has 4 heteroatoms. The molecule has 2 nitrogen and oxygen atoms in total. The average molecular weight is 218 g/mol. The van der Waals surface area contributed by atoms with E-state index in [9.17, 15) is 0 Å². The standard InChI is InChI=1S/C9H9Cl2NO/c10-5-1-8(11)7-3-6(4-13)12-9(7)2-5/h1-2,6,12-13H,3-4H2. The lowest BCUT2D eigenvalue weighted by Gasteiger charge is -2.05. The van der Waals surface area contributed by atoms with Gasteiger partial charge in [-0.2, -0.15) is 0 Å². The van der Waals surface area contributed by atoms with Gasteiger partial charge in [0, 0.05) is 15.7 Å². The number of hydrogen-bond donors (Lipinski definition) is 2. The maximum absolute atomic E-state index is 8.96. The Morgan fingerprint density at radius 3 is 2.92 bits per heavy atom. The van der Waals surface area contributed by atoms with E-state index in [4.69, 9.17) is 28.3 Å². The van der Waals surface area contributed by atoms with E-state index < -0.39 is 0 Å². The van der Waals surface area contributed by atoms with Crippen LogP contribution in [0.4, 0.5) is 5.69 Å². The molecule has 70 valence electrons. The highest BCUT2D eigenvalue weighted by atomic mass is 35.5. The van der Waals surface area contributed by atoms with Gasteiger partial charge < -0.3 is 10.4 Å². The fourth-order valence-corrected chi connectivity index (χ4v) is 2.14. The molecule has 1 aromatic carbocycles. The Hall–Kier alpha value is -0.440. The number of rotatable bonds is 1. The molecule has 1 aliphatic heterocycles. The normalized spacial score (nSPS) is 19.8. The monoisotopic (exact) mass is 217 g/mol. The van der Waals surface area contributed by atoms with Crippen LogP contribution in [-0.2, 0) is 6.42 Å². The van der Waals surface area contributed by atoms with E-state index in [0.29, 0.717) is 10.0 Å². The zero-order chi connectivity index (χ0) is 9.42. The van der Waals surface area contributed by atoms with Crippen LogP contribution in [0.3, 0.4) is 0 Å². The highest BCUT2D eigenvalue weighted by Gasteiger charge is 2.22. The van der Waals surface area contributed by atoms with E-state index in [2.05, 4.69) is 5.32 Å². The van der Waals surface area contributed by atoms with Crippen LogP contribution in [0.25, 0.3) is 0 Å². The molecule has 0 fully saturated rings. The van der Waals surface area contributed by atoms with Crippen molar-refractivity contribution in [2.24, 2.45) is 0 Å². The van der Waals surface area contributed by atoms with Crippen molar-refractivity contribution in [2.45, 2.75) is 12.5 Å². The third kappa shape index (κ3) is 1.62. The Morgan fingerprint density at radius 1 is 1.46 bits per heavy atom. The average Bonchev–Trinajstić information content (AvgIpc) is 2.47. The summed E-state index contributed by atoms with van der Waals surface area (Å²) >= 11 is 11.8. The Labute approximate surface area is 86.5 Å². The Bertz CT molecular complexity index is 341. The second kappa shape index (κ2) is 3.37. The van der Waals surface area contributed by atoms with Crippen molar-refractivity contribution in [1.29, 1.82) is 0 Å². The largest absolute Gasteiger partial charge is 0.394 e. The van der Waals surface area contributed by atoms with Crippen molar-refractivity contribution < 1.29 is 5.11 Å². The van der Waals surface area contributed by atoms with Gasteiger partial charge in [-0.15, -0.1) is 0 Å². The second-order valence-electron chi connectivity index (χ2n) is 3.14. The van der Waals surface area contributed by atoms with E-state index in [-0.39, 0.29) is 12.6 Å². The van der Waals surface area contributed by atoms with Gasteiger partial charge in [0.15, 0.2) is 0 Å². The molecule has 0 radical (unpaired) electrons. The molecular formula is C9H9Cl2NO. The molecule has 0 bridgehead atoms. The predicted molar refractivity (Wildman–Crippen MR) is 54.7 cm³/mol. The van der Waals surface area contributed by atoms with Crippen LogP contribution >= 0.6 is 23.2 Å². The van der Waals surface area contributed by atoms with E-state index >= 15 is 0 Å². The van der Waals surface area contributed by atoms with Crippen LogP contribution in [-0.4, -0.2) is 17.8 Å². The lowest BCUT2D eigenvalue weighted by molar-refractivity contribution is 0.277. The number of anilines is 1. The molecule has 1 aliphatic rings. The smallest absolute Gasteiger partial charge is 0.0636 e. The summed E-state index contributed by atoms with van der Waals surface area (Å²) in [6, 6.07) is 3.63. The number of aliphatic hydroxyl groups is 1. The minimum Gasteiger partial charge on any atom is -0.394 e. The van der Waals surface area contributed by atoms with Crippen LogP contribution < -0.4 is 5.32 Å². The summed E-state index contributed by atoms with van der Waals surface area (Å²) in [5.41, 5.74) is 1.99. The van der Waals surface area contributed by atoms with Crippen molar-refractivity contribution in [1.82, 2.24) is 0 Å². The van der Waals surface area contributed by atoms with Crippen molar-refractivity contribution in [3.63, 3.8) is 0 Å². The van der Waals surface area contributed by atoms with E-state index in [0.717, 1.165) is 17.7 Å². The van der Waals surface area contributed by atoms with Gasteiger partial charge in [0.1, 0.15) is 0 Å². The van der Waals surface area contributed by atoms with E-state index in [1.54, 1.807) is 6.07 Å². The number of fused-ring (bicyclic) bond motifs is 1. The van der Waals surface area contributed by atoms with Crippen molar-refractivity contribution >= 4 is 28.9 Å². The van der Waals surface area contributed by atoms with Crippen molar-refractivity contribution in [2.75, 3.05) is 11.9 Å². The second-order valence-corrected chi connectivity index (χ2v) is 3.99. The van der Waals surface area contributed by atoms with E-state index in [1.807, 2.05) is 6.07 Å². The Balaban J connectivity index is 2.40. The van der Waals surface area contributed by atoms with Gasteiger partial charge in [0.2, 0.25) is 0 Å². The van der Waals surface area contributed by atoms with Gasteiger partial charge in [-0.3, -0.25) is 0 Å². The molecule has 1 aromatic rings. The zero-order valence-electron chi connectivity index (χ0n) is 6.85. The molecule has 0 saturated heterocycles. The fourth-order valence-electron chi connectivity index (χ4n) is 1.57. The number of hydrogen-bond acceptors (Lipinski definition) is 2. The van der Waals surface area contributed by atoms with Crippen LogP contribution in [0.5, 0.6) is 0 Å². The van der Waals surface area contributed by atoms with Gasteiger partial charge in [0.05, 0.1) is 12.6 Å². The summed E-state index contributed by atoms with van der Waals surface area (Å²) in [7, 11) is 0. The number of nitrogens with one attached hydrogen (secondary N) is 1. The van der Waals surface area contributed by atoms with Crippen LogP contribution in [0.1, 0.15) is 5.56 Å². The molecule has 0 amide bonds. The molecule has 2 N–H and O–H groups in total. The summed E-state index contributed by atoms with van der Waals surface area (Å²) < 4.78 is 0. The van der Waals surface area contributed by atoms with Gasteiger partial charge >= 0.3 is 0 Å². The third-order valence-electron chi connectivity index (χ3n) is 2.19. The predicted octanol–water partition coefficient (Wildman–Crippen LogP) is 2.32. The number of aliphatic hydroxyl groups excluding tert-OH is 1. The summed E-state index contributed by atoms with van der Waals surface area (Å²) in [5.74, 6) is 0. The van der Waals surface area contributed by atoms with Gasteiger partial charge in [-0.1, -0.05) is 23.2 Å². The Morgan fingerprint density at radius 2 is 2.23 bits per heavy atom. The maximum Gasteiger partial charge on any atom is 0.0636 e. The number of halogens is 2. The lowest BCUT2D eigenvalue weighted by atomic mass is 10.1. The molecule has 0 aromatic heterocycles. The Kier molecular flexibility index (Phi) is 2.37. The molecular weight excluding hydrogens is 209 g/mol. The highest BCUT2D eigenvalue weighted by Crippen LogP contribution is 2.34. The van der Waals surface area contributed by atoms with E-state index in [1.165, 1.54) is 0 Å². The first kappa shape index (κ1) is 9.13. The molecule has 1 unspecified atom stereocenters. The summed E-state index contributed by atoms with van der Waals surface area (Å²) in [5, 5.41) is 13.4. The van der Waals surface area contributed by atoms with Crippen LogP contribution in [0, 0.1) is 0 Å². The van der Waals surface area contributed by atoms with Crippen LogP contribution in [0.2, 0.25) is 10.0 Å². The molecule has 2 rings (SSSR count). The molecule has 0 saturated carbocycles. The SMILES string of the molecule is OCC1Cc2c(Cl)cc(Cl)cc2N1. The molecule has 13 heavy (non-hydrogen) atoms. The first-order chi connectivity index (χ1) is 6.20. The summed E-state index contributed by atoms with van der Waals surface area (Å²) in [4.78, 5) is 0. The maximum atomic E-state index is 8.96. The first-order valence-corrected chi connectivity index (χ1v) is 4.81. The summed E-state index contributed by atoms with van der Waals surface area (Å²) in [6.07, 6.45) is 0.766. The van der Waals surface area contributed by atoms with Gasteiger partial charge in [-0.25, -0.2) is 0 Å². The minimum absolute atomic E-state index is 0.0750. The molecule has 1 atom stereocenters. The first-order valence-electron chi connectivity index (χ1n) is 4.06. The van der Waals surface area contributed by atoms with Crippen molar-refractivity contribution in [3.8, 4) is 0 Å². The fraction of sp³-hybridized carbons (Fsp3) is 0.333. The van der Waals surface area contributed by atoms with Crippen LogP contribution in [0.15, 0.2) is 12.1 Å².